The summed E-state index contributed by atoms with van der Waals surface area (Å²) in [4.78, 5) is 53.4. The van der Waals surface area contributed by atoms with Crippen molar-refractivity contribution in [1.82, 2.24) is 14.8 Å². The number of hydrogen-bond acceptors (Lipinski definition) is 7. The summed E-state index contributed by atoms with van der Waals surface area (Å²) in [6, 6.07) is 4.80. The first-order valence-electron chi connectivity index (χ1n) is 10.2. The highest BCUT2D eigenvalue weighted by Crippen LogP contribution is 2.33. The molecule has 0 bridgehead atoms. The second kappa shape index (κ2) is 7.68. The van der Waals surface area contributed by atoms with Gasteiger partial charge in [0.25, 0.3) is 11.8 Å². The van der Waals surface area contributed by atoms with Gasteiger partial charge in [-0.05, 0) is 32.4 Å². The van der Waals surface area contributed by atoms with Gasteiger partial charge in [-0.15, -0.1) is 0 Å². The predicted molar refractivity (Wildman–Crippen MR) is 106 cm³/mol. The summed E-state index contributed by atoms with van der Waals surface area (Å²) in [6.45, 7) is 7.79. The molecule has 4 rings (SSSR count). The van der Waals surface area contributed by atoms with Gasteiger partial charge in [0.05, 0.1) is 29.3 Å². The van der Waals surface area contributed by atoms with E-state index in [2.05, 4.69) is 29.2 Å². The average Bonchev–Trinajstić information content (AvgIpc) is 2.94. The van der Waals surface area contributed by atoms with Crippen molar-refractivity contribution in [2.45, 2.75) is 45.2 Å². The first kappa shape index (κ1) is 19.7. The highest BCUT2D eigenvalue weighted by Gasteiger charge is 2.45. The van der Waals surface area contributed by atoms with Gasteiger partial charge in [0.15, 0.2) is 5.78 Å². The van der Waals surface area contributed by atoms with Crippen LogP contribution in [0.25, 0.3) is 0 Å². The fourth-order valence-electron chi connectivity index (χ4n) is 4.33. The van der Waals surface area contributed by atoms with E-state index in [1.54, 1.807) is 18.2 Å². The Morgan fingerprint density at radius 3 is 2.38 bits per heavy atom. The molecule has 0 aromatic heterocycles. The molecule has 8 heteroatoms. The smallest absolute Gasteiger partial charge is 0.264 e. The van der Waals surface area contributed by atoms with E-state index in [-0.39, 0.29) is 30.8 Å². The van der Waals surface area contributed by atoms with Gasteiger partial charge in [-0.1, -0.05) is 6.07 Å². The maximum Gasteiger partial charge on any atom is 0.264 e. The number of Topliss-reactive ketones (excluding diaryl/α,β-unsaturated/α-hetero) is 2. The van der Waals surface area contributed by atoms with Crippen LogP contribution in [0.3, 0.4) is 0 Å². The lowest BCUT2D eigenvalue weighted by atomic mass is 9.92. The molecule has 1 aliphatic carbocycles. The van der Waals surface area contributed by atoms with Gasteiger partial charge in [0.2, 0.25) is 0 Å². The van der Waals surface area contributed by atoms with Crippen molar-refractivity contribution in [2.24, 2.45) is 0 Å². The SMILES string of the molecule is CC(C)N1CCN(Nc2cccc3c2C(=O)N(C2CCC(=O)CC2=O)C3=O)CC1. The number of amides is 2. The molecule has 8 nitrogen and oxygen atoms in total. The second-order valence-corrected chi connectivity index (χ2v) is 8.17. The van der Waals surface area contributed by atoms with Crippen molar-refractivity contribution in [3.63, 3.8) is 0 Å². The second-order valence-electron chi connectivity index (χ2n) is 8.17. The molecule has 3 aliphatic rings. The molecule has 1 saturated carbocycles. The van der Waals surface area contributed by atoms with Crippen molar-refractivity contribution < 1.29 is 19.2 Å². The number of hydrazine groups is 1. The zero-order valence-corrected chi connectivity index (χ0v) is 16.8. The van der Waals surface area contributed by atoms with Gasteiger partial charge in [-0.3, -0.25) is 29.0 Å². The number of carbonyl (C=O) groups excluding carboxylic acids is 4. The Labute approximate surface area is 169 Å². The average molecular weight is 398 g/mol. The van der Waals surface area contributed by atoms with Gasteiger partial charge < -0.3 is 5.43 Å². The Morgan fingerprint density at radius 1 is 1.00 bits per heavy atom. The monoisotopic (exact) mass is 398 g/mol. The fraction of sp³-hybridized carbons (Fsp3) is 0.524. The number of imide groups is 1. The lowest BCUT2D eigenvalue weighted by molar-refractivity contribution is -0.132. The van der Waals surface area contributed by atoms with Crippen LogP contribution in [-0.4, -0.2) is 76.5 Å². The number of nitrogens with zero attached hydrogens (tertiary/aromatic N) is 3. The summed E-state index contributed by atoms with van der Waals surface area (Å²) in [5.41, 5.74) is 4.51. The maximum atomic E-state index is 13.1. The summed E-state index contributed by atoms with van der Waals surface area (Å²) in [7, 11) is 0. The zero-order chi connectivity index (χ0) is 20.7. The first-order valence-corrected chi connectivity index (χ1v) is 10.2. The van der Waals surface area contributed by atoms with Crippen LogP contribution in [0.2, 0.25) is 0 Å². The van der Waals surface area contributed by atoms with E-state index < -0.39 is 17.9 Å². The molecule has 154 valence electrons. The normalized spacial score (nSPS) is 23.8. The van der Waals surface area contributed by atoms with Gasteiger partial charge >= 0.3 is 0 Å². The summed E-state index contributed by atoms with van der Waals surface area (Å²) < 4.78 is 0. The molecular formula is C21H26N4O4. The Bertz CT molecular complexity index is 873. The maximum absolute atomic E-state index is 13.1. The lowest BCUT2D eigenvalue weighted by Crippen LogP contribution is -2.50. The number of anilines is 1. The van der Waals surface area contributed by atoms with Crippen molar-refractivity contribution in [3.05, 3.63) is 29.3 Å². The Kier molecular flexibility index (Phi) is 5.23. The van der Waals surface area contributed by atoms with Crippen molar-refractivity contribution in [3.8, 4) is 0 Å². The molecule has 1 saturated heterocycles. The minimum absolute atomic E-state index is 0.134. The lowest BCUT2D eigenvalue weighted by Gasteiger charge is -2.37. The molecule has 2 aliphatic heterocycles. The summed E-state index contributed by atoms with van der Waals surface area (Å²) >= 11 is 0. The molecule has 1 N–H and O–H groups in total. The van der Waals surface area contributed by atoms with Crippen LogP contribution in [-0.2, 0) is 9.59 Å². The van der Waals surface area contributed by atoms with E-state index in [4.69, 9.17) is 0 Å². The molecule has 2 fully saturated rings. The molecule has 1 atom stereocenters. The number of carbonyl (C=O) groups is 4. The Hall–Kier alpha value is -2.58. The number of fused-ring (bicyclic) bond motifs is 1. The summed E-state index contributed by atoms with van der Waals surface area (Å²) in [6.07, 6.45) is 0.224. The highest BCUT2D eigenvalue weighted by atomic mass is 16.2. The quantitative estimate of drug-likeness (QED) is 0.604. The van der Waals surface area contributed by atoms with Gasteiger partial charge in [-0.2, -0.15) is 0 Å². The number of nitrogens with one attached hydrogen (secondary N) is 1. The van der Waals surface area contributed by atoms with Crippen LogP contribution < -0.4 is 5.43 Å². The molecule has 0 radical (unpaired) electrons. The Morgan fingerprint density at radius 2 is 1.72 bits per heavy atom. The first-order chi connectivity index (χ1) is 13.9. The number of piperazine rings is 1. The number of benzene rings is 1. The standard InChI is InChI=1S/C21H26N4O4/c1-13(2)23-8-10-24(11-9-23)22-16-5-3-4-15-19(16)21(29)25(20(15)28)17-7-6-14(26)12-18(17)27/h3-5,13,17,22H,6-12H2,1-2H3. The minimum atomic E-state index is -0.845. The van der Waals surface area contributed by atoms with E-state index >= 15 is 0 Å². The third-order valence-electron chi connectivity index (χ3n) is 6.02. The molecule has 29 heavy (non-hydrogen) atoms. The van der Waals surface area contributed by atoms with E-state index in [0.29, 0.717) is 22.9 Å². The van der Waals surface area contributed by atoms with Crippen LogP contribution in [0.5, 0.6) is 0 Å². The minimum Gasteiger partial charge on any atom is -0.318 e. The predicted octanol–water partition coefficient (Wildman–Crippen LogP) is 1.33. The molecule has 1 aromatic carbocycles. The third kappa shape index (κ3) is 3.58. The van der Waals surface area contributed by atoms with Crippen LogP contribution in [0.4, 0.5) is 5.69 Å². The molecule has 2 amide bonds. The van der Waals surface area contributed by atoms with Gasteiger partial charge in [0.1, 0.15) is 5.78 Å². The van der Waals surface area contributed by atoms with Crippen molar-refractivity contribution in [2.75, 3.05) is 31.6 Å². The van der Waals surface area contributed by atoms with E-state index in [0.717, 1.165) is 31.1 Å². The Balaban J connectivity index is 1.54. The van der Waals surface area contributed by atoms with Crippen LogP contribution in [0, 0.1) is 0 Å². The summed E-state index contributed by atoms with van der Waals surface area (Å²) in [5.74, 6) is -1.39. The molecule has 0 spiro atoms. The molecule has 1 unspecified atom stereocenters. The number of ketones is 2. The highest BCUT2D eigenvalue weighted by molar-refractivity contribution is 6.25. The fourth-order valence-corrected chi connectivity index (χ4v) is 4.33. The van der Waals surface area contributed by atoms with Crippen LogP contribution in [0.1, 0.15) is 53.8 Å². The van der Waals surface area contributed by atoms with Crippen molar-refractivity contribution >= 4 is 29.1 Å². The molecular weight excluding hydrogens is 372 g/mol. The molecule has 1 aromatic rings. The largest absolute Gasteiger partial charge is 0.318 e. The number of rotatable bonds is 4. The zero-order valence-electron chi connectivity index (χ0n) is 16.8. The van der Waals surface area contributed by atoms with Gasteiger partial charge in [-0.25, -0.2) is 5.01 Å². The number of hydrogen-bond donors (Lipinski definition) is 1. The van der Waals surface area contributed by atoms with Crippen LogP contribution in [0.15, 0.2) is 18.2 Å². The summed E-state index contributed by atoms with van der Waals surface area (Å²) in [5, 5.41) is 2.05. The topological polar surface area (TPSA) is 90.0 Å². The van der Waals surface area contributed by atoms with E-state index in [9.17, 15) is 19.2 Å². The van der Waals surface area contributed by atoms with Crippen molar-refractivity contribution in [1.29, 1.82) is 0 Å². The van der Waals surface area contributed by atoms with E-state index in [1.165, 1.54) is 0 Å². The van der Waals surface area contributed by atoms with Gasteiger partial charge in [0, 0.05) is 38.6 Å². The van der Waals surface area contributed by atoms with E-state index in [1.807, 2.05) is 0 Å². The third-order valence-corrected chi connectivity index (χ3v) is 6.02. The molecule has 2 heterocycles. The van der Waals surface area contributed by atoms with Crippen LogP contribution >= 0.6 is 0 Å².